The molecular formula is C17H17NO8S2. The van der Waals surface area contributed by atoms with Gasteiger partial charge in [0.1, 0.15) is 10.4 Å². The number of phenols is 1. The highest BCUT2D eigenvalue weighted by Gasteiger charge is 2.40. The maximum atomic E-state index is 12.7. The van der Waals surface area contributed by atoms with E-state index in [1.807, 2.05) is 0 Å². The van der Waals surface area contributed by atoms with Crippen molar-refractivity contribution in [2.75, 3.05) is 14.2 Å². The molecule has 0 radical (unpaired) electrons. The maximum absolute atomic E-state index is 12.7. The van der Waals surface area contributed by atoms with E-state index in [0.717, 1.165) is 16.7 Å². The van der Waals surface area contributed by atoms with Crippen LogP contribution in [0.15, 0.2) is 17.0 Å². The molecule has 0 saturated carbocycles. The van der Waals surface area contributed by atoms with Crippen molar-refractivity contribution in [3.63, 3.8) is 0 Å². The largest absolute Gasteiger partial charge is 0.502 e. The van der Waals surface area contributed by atoms with E-state index in [1.54, 1.807) is 0 Å². The van der Waals surface area contributed by atoms with Crippen molar-refractivity contribution in [3.8, 4) is 17.2 Å². The van der Waals surface area contributed by atoms with Gasteiger partial charge in [-0.05, 0) is 30.2 Å². The first-order valence-electron chi connectivity index (χ1n) is 7.86. The SMILES string of the molecule is COc1cc(/C=C2\SC(=S)N(C(CCC(=O)O)C(=O)O)C2=O)cc(OC)c1O. The summed E-state index contributed by atoms with van der Waals surface area (Å²) in [6.45, 7) is 0. The molecule has 1 aromatic carbocycles. The molecule has 1 heterocycles. The lowest BCUT2D eigenvalue weighted by molar-refractivity contribution is -0.146. The lowest BCUT2D eigenvalue weighted by atomic mass is 10.1. The van der Waals surface area contributed by atoms with Crippen molar-refractivity contribution in [1.29, 1.82) is 0 Å². The number of rotatable bonds is 8. The van der Waals surface area contributed by atoms with Crippen molar-refractivity contribution < 1.29 is 39.2 Å². The number of thioether (sulfide) groups is 1. The van der Waals surface area contributed by atoms with E-state index in [9.17, 15) is 24.6 Å². The van der Waals surface area contributed by atoms with Crippen molar-refractivity contribution in [2.45, 2.75) is 18.9 Å². The summed E-state index contributed by atoms with van der Waals surface area (Å²) in [5, 5.41) is 28.1. The first-order chi connectivity index (χ1) is 13.2. The van der Waals surface area contributed by atoms with Crippen LogP contribution in [-0.2, 0) is 14.4 Å². The molecule has 0 aliphatic carbocycles. The van der Waals surface area contributed by atoms with Crippen molar-refractivity contribution in [2.24, 2.45) is 0 Å². The van der Waals surface area contributed by atoms with Crippen LogP contribution in [0, 0.1) is 0 Å². The van der Waals surface area contributed by atoms with Gasteiger partial charge in [-0.15, -0.1) is 0 Å². The standard InChI is InChI=1S/C17H17NO8S2/c1-25-10-5-8(6-11(26-2)14(10)21)7-12-15(22)18(17(27)28-12)9(16(23)24)3-4-13(19)20/h5-7,9,21H,3-4H2,1-2H3,(H,19,20)(H,23,24)/b12-7-. The third-order valence-corrected chi connectivity index (χ3v) is 5.18. The van der Waals surface area contributed by atoms with Gasteiger partial charge >= 0.3 is 11.9 Å². The maximum Gasteiger partial charge on any atom is 0.326 e. The number of benzene rings is 1. The van der Waals surface area contributed by atoms with Gasteiger partial charge in [0.2, 0.25) is 5.75 Å². The summed E-state index contributed by atoms with van der Waals surface area (Å²) in [6, 6.07) is 1.57. The fourth-order valence-corrected chi connectivity index (χ4v) is 3.88. The van der Waals surface area contributed by atoms with Gasteiger partial charge in [0.25, 0.3) is 5.91 Å². The number of aliphatic carboxylic acids is 2. The van der Waals surface area contributed by atoms with Crippen LogP contribution < -0.4 is 9.47 Å². The molecule has 9 nitrogen and oxygen atoms in total. The summed E-state index contributed by atoms with van der Waals surface area (Å²) in [4.78, 5) is 36.1. The number of methoxy groups -OCH3 is 2. The van der Waals surface area contributed by atoms with Crippen LogP contribution in [0.25, 0.3) is 6.08 Å². The van der Waals surface area contributed by atoms with Crippen LogP contribution >= 0.6 is 24.0 Å². The minimum absolute atomic E-state index is 0.0201. The van der Waals surface area contributed by atoms with E-state index in [4.69, 9.17) is 26.8 Å². The predicted molar refractivity (Wildman–Crippen MR) is 105 cm³/mol. The zero-order chi connectivity index (χ0) is 21.0. The van der Waals surface area contributed by atoms with Crippen LogP contribution in [-0.4, -0.2) is 62.6 Å². The van der Waals surface area contributed by atoms with E-state index in [0.29, 0.717) is 5.56 Å². The molecule has 1 amide bonds. The second-order valence-corrected chi connectivity index (χ2v) is 7.29. The second kappa shape index (κ2) is 8.93. The minimum atomic E-state index is -1.38. The predicted octanol–water partition coefficient (Wildman–Crippen LogP) is 1.93. The average molecular weight is 427 g/mol. The number of phenolic OH excluding ortho intramolecular Hbond substituents is 1. The van der Waals surface area contributed by atoms with Crippen LogP contribution in [0.5, 0.6) is 17.2 Å². The zero-order valence-electron chi connectivity index (χ0n) is 14.9. The van der Waals surface area contributed by atoms with Gasteiger partial charge in [0.15, 0.2) is 11.5 Å². The molecule has 0 aromatic heterocycles. The Hall–Kier alpha value is -2.79. The number of thiocarbonyl (C=S) groups is 1. The number of carbonyl (C=O) groups is 3. The van der Waals surface area contributed by atoms with E-state index >= 15 is 0 Å². The summed E-state index contributed by atoms with van der Waals surface area (Å²) < 4.78 is 10.2. The Morgan fingerprint density at radius 3 is 2.29 bits per heavy atom. The Bertz CT molecular complexity index is 842. The normalized spacial score (nSPS) is 16.4. The number of amides is 1. The molecule has 28 heavy (non-hydrogen) atoms. The Balaban J connectivity index is 2.36. The molecular weight excluding hydrogens is 410 g/mol. The number of ether oxygens (including phenoxy) is 2. The first-order valence-corrected chi connectivity index (χ1v) is 9.08. The molecule has 1 saturated heterocycles. The van der Waals surface area contributed by atoms with Gasteiger partial charge in [-0.2, -0.15) is 0 Å². The van der Waals surface area contributed by atoms with Gasteiger partial charge in [0, 0.05) is 6.42 Å². The zero-order valence-corrected chi connectivity index (χ0v) is 16.5. The molecule has 11 heteroatoms. The highest BCUT2D eigenvalue weighted by Crippen LogP contribution is 2.40. The Morgan fingerprint density at radius 2 is 1.82 bits per heavy atom. The Labute approximate surface area is 169 Å². The summed E-state index contributed by atoms with van der Waals surface area (Å²) in [5.74, 6) is -3.09. The summed E-state index contributed by atoms with van der Waals surface area (Å²) >= 11 is 6.03. The summed E-state index contributed by atoms with van der Waals surface area (Å²) in [7, 11) is 2.72. The molecule has 2 rings (SSSR count). The highest BCUT2D eigenvalue weighted by atomic mass is 32.2. The fraction of sp³-hybridized carbons (Fsp3) is 0.294. The number of nitrogens with zero attached hydrogens (tertiary/aromatic N) is 1. The van der Waals surface area contributed by atoms with Gasteiger partial charge in [0.05, 0.1) is 19.1 Å². The second-order valence-electron chi connectivity index (χ2n) is 5.61. The molecule has 1 aromatic rings. The summed E-state index contributed by atoms with van der Waals surface area (Å²) in [5.41, 5.74) is 0.462. The minimum Gasteiger partial charge on any atom is -0.502 e. The summed E-state index contributed by atoms with van der Waals surface area (Å²) in [6.07, 6.45) is 0.768. The molecule has 1 unspecified atom stereocenters. The average Bonchev–Trinajstić information content (AvgIpc) is 2.90. The number of carboxylic acids is 2. The lowest BCUT2D eigenvalue weighted by Gasteiger charge is -2.22. The third-order valence-electron chi connectivity index (χ3n) is 3.85. The molecule has 1 fully saturated rings. The molecule has 150 valence electrons. The molecule has 1 aliphatic rings. The van der Waals surface area contributed by atoms with Crippen LogP contribution in [0.3, 0.4) is 0 Å². The van der Waals surface area contributed by atoms with Crippen molar-refractivity contribution in [3.05, 3.63) is 22.6 Å². The van der Waals surface area contributed by atoms with Crippen LogP contribution in [0.1, 0.15) is 18.4 Å². The van der Waals surface area contributed by atoms with E-state index in [2.05, 4.69) is 0 Å². The van der Waals surface area contributed by atoms with Crippen LogP contribution in [0.4, 0.5) is 0 Å². The van der Waals surface area contributed by atoms with Crippen molar-refractivity contribution in [1.82, 2.24) is 4.90 Å². The molecule has 1 aliphatic heterocycles. The van der Waals surface area contributed by atoms with E-state index in [1.165, 1.54) is 32.4 Å². The topological polar surface area (TPSA) is 134 Å². The van der Waals surface area contributed by atoms with Gasteiger partial charge in [-0.1, -0.05) is 24.0 Å². The number of hydrogen-bond donors (Lipinski definition) is 3. The van der Waals surface area contributed by atoms with Crippen molar-refractivity contribution >= 4 is 52.2 Å². The van der Waals surface area contributed by atoms with E-state index in [-0.39, 0.29) is 32.9 Å². The number of hydrogen-bond acceptors (Lipinski definition) is 8. The Morgan fingerprint density at radius 1 is 1.25 bits per heavy atom. The number of carbonyl (C=O) groups excluding carboxylic acids is 1. The van der Waals surface area contributed by atoms with Crippen LogP contribution in [0.2, 0.25) is 0 Å². The molecule has 3 N–H and O–H groups in total. The lowest BCUT2D eigenvalue weighted by Crippen LogP contribution is -2.44. The quantitative estimate of drug-likeness (QED) is 0.417. The number of carboxylic acid groups (broad SMARTS) is 2. The van der Waals surface area contributed by atoms with Gasteiger partial charge < -0.3 is 24.8 Å². The highest BCUT2D eigenvalue weighted by molar-refractivity contribution is 8.26. The fourth-order valence-electron chi connectivity index (χ4n) is 2.52. The Kier molecular flexibility index (Phi) is 6.86. The molecule has 1 atom stereocenters. The first kappa shape index (κ1) is 21.5. The molecule has 0 bridgehead atoms. The van der Waals surface area contributed by atoms with Gasteiger partial charge in [-0.3, -0.25) is 14.5 Å². The number of aromatic hydroxyl groups is 1. The monoisotopic (exact) mass is 427 g/mol. The smallest absolute Gasteiger partial charge is 0.326 e. The van der Waals surface area contributed by atoms with Gasteiger partial charge in [-0.25, -0.2) is 4.79 Å². The van der Waals surface area contributed by atoms with E-state index < -0.39 is 30.3 Å². The third kappa shape index (κ3) is 4.54. The molecule has 0 spiro atoms.